The van der Waals surface area contributed by atoms with Crippen LogP contribution in [0.3, 0.4) is 0 Å². The molecule has 0 aliphatic rings. The Hall–Kier alpha value is -1.22. The van der Waals surface area contributed by atoms with Gasteiger partial charge in [-0.3, -0.25) is 0 Å². The van der Waals surface area contributed by atoms with E-state index in [0.29, 0.717) is 0 Å². The summed E-state index contributed by atoms with van der Waals surface area (Å²) in [6.45, 7) is 0. The molecule has 15 heavy (non-hydrogen) atoms. The lowest BCUT2D eigenvalue weighted by atomic mass is 10.2. The molecule has 1 aromatic heterocycles. The summed E-state index contributed by atoms with van der Waals surface area (Å²) in [5.74, 6) is -3.38. The molecule has 0 atom stereocenters. The van der Waals surface area contributed by atoms with E-state index in [9.17, 15) is 26.0 Å². The number of nitrogens with two attached hydrogens (primary N) is 1. The summed E-state index contributed by atoms with van der Waals surface area (Å²) in [5, 5.41) is 2.92. The van der Waals surface area contributed by atoms with Crippen LogP contribution in [0, 0.1) is 11.8 Å². The molecule has 0 saturated carbocycles. The molecule has 0 unspecified atom stereocenters. The lowest BCUT2D eigenvalue weighted by molar-refractivity contribution is 0.144. The van der Waals surface area contributed by atoms with Crippen LogP contribution < -0.4 is 5.14 Å². The second-order valence-corrected chi connectivity index (χ2v) is 3.98. The Kier molecular flexibility index (Phi) is 2.95. The van der Waals surface area contributed by atoms with Gasteiger partial charge in [-0.1, -0.05) is 0 Å². The van der Waals surface area contributed by atoms with E-state index in [1.54, 1.807) is 0 Å². The lowest BCUT2D eigenvalue weighted by Gasteiger charge is -2.05. The number of nitrogens with zero attached hydrogens (tertiary/aromatic N) is 1. The fraction of sp³-hybridized carbons (Fsp3) is 0.167. The Morgan fingerprint density at radius 3 is 2.27 bits per heavy atom. The predicted molar refractivity (Wildman–Crippen MR) is 40.5 cm³/mol. The zero-order chi connectivity index (χ0) is 11.8. The molecule has 0 spiro atoms. The molecule has 0 saturated heterocycles. The maximum Gasteiger partial charge on any atom is 0.266 e. The van der Waals surface area contributed by atoms with Gasteiger partial charge in [-0.25, -0.2) is 31.7 Å². The van der Waals surface area contributed by atoms with Crippen LogP contribution in [0.4, 0.5) is 17.6 Å². The van der Waals surface area contributed by atoms with Gasteiger partial charge in [0.15, 0.2) is 5.82 Å². The Labute approximate surface area is 81.8 Å². The number of rotatable bonds is 2. The van der Waals surface area contributed by atoms with E-state index < -0.39 is 38.8 Å². The van der Waals surface area contributed by atoms with Crippen LogP contribution in [-0.4, -0.2) is 13.4 Å². The van der Waals surface area contributed by atoms with Crippen molar-refractivity contribution in [3.8, 4) is 0 Å². The Morgan fingerprint density at radius 2 is 1.87 bits per heavy atom. The van der Waals surface area contributed by atoms with Gasteiger partial charge in [-0.15, -0.1) is 0 Å². The molecule has 0 bridgehead atoms. The van der Waals surface area contributed by atoms with Crippen molar-refractivity contribution in [3.63, 3.8) is 0 Å². The Bertz CT molecular complexity index is 488. The highest BCUT2D eigenvalue weighted by atomic mass is 32.2. The summed E-state index contributed by atoms with van der Waals surface area (Å²) >= 11 is 0. The van der Waals surface area contributed by atoms with Crippen molar-refractivity contribution < 1.29 is 26.0 Å². The number of alkyl halides is 2. The summed E-state index contributed by atoms with van der Waals surface area (Å²) in [7, 11) is -4.67. The molecule has 0 amide bonds. The average molecular weight is 244 g/mol. The quantitative estimate of drug-likeness (QED) is 0.621. The SMILES string of the molecule is NS(=O)(=O)c1nc(F)cc(C(F)F)c1F. The van der Waals surface area contributed by atoms with Gasteiger partial charge in [-0.05, 0) is 0 Å². The molecule has 4 nitrogen and oxygen atoms in total. The van der Waals surface area contributed by atoms with Crippen LogP contribution in [0.15, 0.2) is 11.1 Å². The molecular weight excluding hydrogens is 240 g/mol. The molecule has 9 heteroatoms. The van der Waals surface area contributed by atoms with Gasteiger partial charge < -0.3 is 0 Å². The number of pyridine rings is 1. The summed E-state index contributed by atoms with van der Waals surface area (Å²) in [6, 6.07) is 0.106. The average Bonchev–Trinajstić information content (AvgIpc) is 2.06. The fourth-order valence-electron chi connectivity index (χ4n) is 0.841. The van der Waals surface area contributed by atoms with Crippen molar-refractivity contribution in [3.05, 3.63) is 23.4 Å². The van der Waals surface area contributed by atoms with E-state index in [2.05, 4.69) is 10.1 Å². The molecule has 1 aromatic rings. The van der Waals surface area contributed by atoms with Crippen LogP contribution in [0.5, 0.6) is 0 Å². The molecule has 1 rings (SSSR count). The first-order valence-corrected chi connectivity index (χ1v) is 4.95. The summed E-state index contributed by atoms with van der Waals surface area (Å²) < 4.78 is 71.1. The van der Waals surface area contributed by atoms with Crippen molar-refractivity contribution >= 4 is 10.0 Å². The van der Waals surface area contributed by atoms with Gasteiger partial charge in [0.25, 0.3) is 16.4 Å². The number of hydrogen-bond donors (Lipinski definition) is 1. The molecule has 2 N–H and O–H groups in total. The highest BCUT2D eigenvalue weighted by Crippen LogP contribution is 2.25. The first-order valence-electron chi connectivity index (χ1n) is 3.40. The molecular formula is C6H4F4N2O2S. The van der Waals surface area contributed by atoms with Gasteiger partial charge in [0.05, 0.1) is 5.56 Å². The summed E-state index contributed by atoms with van der Waals surface area (Å²) in [5.41, 5.74) is -1.40. The fourth-order valence-corrected chi connectivity index (χ4v) is 1.42. The van der Waals surface area contributed by atoms with Gasteiger partial charge >= 0.3 is 0 Å². The second-order valence-electron chi connectivity index (χ2n) is 2.50. The second kappa shape index (κ2) is 3.74. The van der Waals surface area contributed by atoms with Crippen LogP contribution in [0.25, 0.3) is 0 Å². The highest BCUT2D eigenvalue weighted by molar-refractivity contribution is 7.89. The predicted octanol–water partition coefficient (Wildman–Crippen LogP) is 0.945. The maximum absolute atomic E-state index is 13.0. The van der Waals surface area contributed by atoms with Crippen LogP contribution >= 0.6 is 0 Å². The first kappa shape index (κ1) is 11.9. The number of hydrogen-bond acceptors (Lipinski definition) is 3. The standard InChI is InChI=1S/C6H4F4N2O2S/c7-3-1-2(5(9)10)4(8)6(12-3)15(11,13)14/h1,5H,(H2,11,13,14). The molecule has 1 heterocycles. The van der Waals surface area contributed by atoms with E-state index in [0.717, 1.165) is 0 Å². The number of halogens is 4. The van der Waals surface area contributed by atoms with E-state index in [4.69, 9.17) is 0 Å². The lowest BCUT2D eigenvalue weighted by Crippen LogP contribution is -2.18. The number of aromatic nitrogens is 1. The van der Waals surface area contributed by atoms with Crippen molar-refractivity contribution in [2.75, 3.05) is 0 Å². The van der Waals surface area contributed by atoms with Gasteiger partial charge in [-0.2, -0.15) is 4.39 Å². The molecule has 0 aromatic carbocycles. The summed E-state index contributed by atoms with van der Waals surface area (Å²) in [6.07, 6.45) is -3.36. The zero-order valence-corrected chi connectivity index (χ0v) is 7.73. The van der Waals surface area contributed by atoms with Gasteiger partial charge in [0, 0.05) is 6.07 Å². The third-order valence-corrected chi connectivity index (χ3v) is 2.24. The minimum atomic E-state index is -4.67. The number of sulfonamides is 1. The minimum Gasteiger partial charge on any atom is -0.223 e. The smallest absolute Gasteiger partial charge is 0.223 e. The zero-order valence-electron chi connectivity index (χ0n) is 6.92. The minimum absolute atomic E-state index is 0.106. The first-order chi connectivity index (χ1) is 6.73. The van der Waals surface area contributed by atoms with Crippen molar-refractivity contribution in [1.82, 2.24) is 4.98 Å². The maximum atomic E-state index is 13.0. The van der Waals surface area contributed by atoms with Crippen LogP contribution in [-0.2, 0) is 10.0 Å². The van der Waals surface area contributed by atoms with Gasteiger partial charge in [0.2, 0.25) is 11.0 Å². The van der Waals surface area contributed by atoms with Crippen LogP contribution in [0.2, 0.25) is 0 Å². The van der Waals surface area contributed by atoms with Crippen molar-refractivity contribution in [1.29, 1.82) is 0 Å². The summed E-state index contributed by atoms with van der Waals surface area (Å²) in [4.78, 5) is 2.60. The molecule has 0 aliphatic heterocycles. The largest absolute Gasteiger partial charge is 0.266 e. The topological polar surface area (TPSA) is 73.1 Å². The van der Waals surface area contributed by atoms with Crippen molar-refractivity contribution in [2.24, 2.45) is 5.14 Å². The van der Waals surface area contributed by atoms with Crippen molar-refractivity contribution in [2.45, 2.75) is 11.5 Å². The van der Waals surface area contributed by atoms with E-state index in [-0.39, 0.29) is 6.07 Å². The number of primary sulfonamides is 1. The third-order valence-electron chi connectivity index (χ3n) is 1.43. The van der Waals surface area contributed by atoms with Crippen LogP contribution in [0.1, 0.15) is 12.0 Å². The van der Waals surface area contributed by atoms with E-state index in [1.165, 1.54) is 0 Å². The third kappa shape index (κ3) is 2.42. The molecule has 0 fully saturated rings. The molecule has 84 valence electrons. The molecule has 0 aliphatic carbocycles. The van der Waals surface area contributed by atoms with Gasteiger partial charge in [0.1, 0.15) is 0 Å². The molecule has 0 radical (unpaired) electrons. The Balaban J connectivity index is 3.56. The van der Waals surface area contributed by atoms with E-state index in [1.807, 2.05) is 0 Å². The normalized spacial score (nSPS) is 12.1. The monoisotopic (exact) mass is 244 g/mol. The highest BCUT2D eigenvalue weighted by Gasteiger charge is 2.25. The van der Waals surface area contributed by atoms with E-state index >= 15 is 0 Å². The Morgan fingerprint density at radius 1 is 1.33 bits per heavy atom.